The highest BCUT2D eigenvalue weighted by molar-refractivity contribution is 5.77. The van der Waals surface area contributed by atoms with Crippen molar-refractivity contribution in [1.82, 2.24) is 5.32 Å². The van der Waals surface area contributed by atoms with Crippen LogP contribution in [0.1, 0.15) is 12.8 Å². The molecular formula is C11H15N3O. The Bertz CT molecular complexity index is 337. The Morgan fingerprint density at radius 2 is 2.07 bits per heavy atom. The molecule has 1 unspecified atom stereocenters. The van der Waals surface area contributed by atoms with Gasteiger partial charge in [-0.05, 0) is 30.7 Å². The van der Waals surface area contributed by atoms with Crippen LogP contribution in [0.5, 0.6) is 0 Å². The second-order valence-corrected chi connectivity index (χ2v) is 3.81. The molecule has 0 radical (unpaired) electrons. The van der Waals surface area contributed by atoms with Gasteiger partial charge in [0, 0.05) is 30.4 Å². The number of carbonyl (C=O) groups is 1. The number of piperidine rings is 1. The fraction of sp³-hybridized carbons (Fsp3) is 0.364. The standard InChI is InChI=1S/C11H15N3O/c12-8-1-3-9(4-2-8)14-10-5-6-11(15)13-7-10/h1-4,10,14H,5-7,12H2,(H,13,15). The van der Waals surface area contributed by atoms with Crippen LogP contribution in [0.4, 0.5) is 11.4 Å². The maximum atomic E-state index is 11.0. The van der Waals surface area contributed by atoms with Crippen LogP contribution in [-0.2, 0) is 4.79 Å². The van der Waals surface area contributed by atoms with E-state index in [1.165, 1.54) is 0 Å². The Labute approximate surface area is 88.9 Å². The zero-order valence-corrected chi connectivity index (χ0v) is 8.49. The second-order valence-electron chi connectivity index (χ2n) is 3.81. The van der Waals surface area contributed by atoms with Gasteiger partial charge in [-0.15, -0.1) is 0 Å². The number of carbonyl (C=O) groups excluding carboxylic acids is 1. The van der Waals surface area contributed by atoms with Gasteiger partial charge in [-0.2, -0.15) is 0 Å². The van der Waals surface area contributed by atoms with Gasteiger partial charge in [-0.1, -0.05) is 0 Å². The number of benzene rings is 1. The number of amides is 1. The fourth-order valence-electron chi connectivity index (χ4n) is 1.67. The van der Waals surface area contributed by atoms with Crippen LogP contribution in [0.25, 0.3) is 0 Å². The molecule has 1 aliphatic rings. The molecule has 1 aromatic rings. The third-order valence-corrected chi connectivity index (χ3v) is 2.55. The topological polar surface area (TPSA) is 67.1 Å². The predicted octanol–water partition coefficient (Wildman–Crippen LogP) is 0.959. The van der Waals surface area contributed by atoms with Gasteiger partial charge in [-0.3, -0.25) is 4.79 Å². The summed E-state index contributed by atoms with van der Waals surface area (Å²) in [5.41, 5.74) is 7.40. The summed E-state index contributed by atoms with van der Waals surface area (Å²) in [4.78, 5) is 11.0. The van der Waals surface area contributed by atoms with Gasteiger partial charge in [0.1, 0.15) is 0 Å². The van der Waals surface area contributed by atoms with Crippen molar-refractivity contribution in [1.29, 1.82) is 0 Å². The Morgan fingerprint density at radius 1 is 1.33 bits per heavy atom. The normalized spacial score (nSPS) is 20.8. The van der Waals surface area contributed by atoms with E-state index in [2.05, 4.69) is 10.6 Å². The summed E-state index contributed by atoms with van der Waals surface area (Å²) in [6.45, 7) is 0.698. The monoisotopic (exact) mass is 205 g/mol. The van der Waals surface area contributed by atoms with E-state index in [1.807, 2.05) is 24.3 Å². The first-order valence-electron chi connectivity index (χ1n) is 5.13. The number of anilines is 2. The van der Waals surface area contributed by atoms with Gasteiger partial charge in [0.15, 0.2) is 0 Å². The number of nitrogens with two attached hydrogens (primary N) is 1. The molecule has 1 amide bonds. The molecule has 4 heteroatoms. The van der Waals surface area contributed by atoms with Gasteiger partial charge >= 0.3 is 0 Å². The van der Waals surface area contributed by atoms with Crippen molar-refractivity contribution in [2.24, 2.45) is 0 Å². The molecule has 4 N–H and O–H groups in total. The average molecular weight is 205 g/mol. The van der Waals surface area contributed by atoms with E-state index in [1.54, 1.807) is 0 Å². The molecule has 4 nitrogen and oxygen atoms in total. The molecule has 80 valence electrons. The van der Waals surface area contributed by atoms with Crippen molar-refractivity contribution in [3.8, 4) is 0 Å². The lowest BCUT2D eigenvalue weighted by molar-refractivity contribution is -0.122. The van der Waals surface area contributed by atoms with Crippen LogP contribution < -0.4 is 16.4 Å². The van der Waals surface area contributed by atoms with Gasteiger partial charge < -0.3 is 16.4 Å². The van der Waals surface area contributed by atoms with Crippen LogP contribution in [0.3, 0.4) is 0 Å². The second kappa shape index (κ2) is 4.21. The van der Waals surface area contributed by atoms with E-state index in [4.69, 9.17) is 5.73 Å². The molecule has 0 aliphatic carbocycles. The summed E-state index contributed by atoms with van der Waals surface area (Å²) in [6, 6.07) is 7.96. The number of hydrogen-bond donors (Lipinski definition) is 3. The molecule has 1 aliphatic heterocycles. The van der Waals surface area contributed by atoms with Gasteiger partial charge in [0.25, 0.3) is 0 Å². The predicted molar refractivity (Wildman–Crippen MR) is 60.5 cm³/mol. The third-order valence-electron chi connectivity index (χ3n) is 2.55. The summed E-state index contributed by atoms with van der Waals surface area (Å²) in [5, 5.41) is 6.20. The van der Waals surface area contributed by atoms with Gasteiger partial charge in [-0.25, -0.2) is 0 Å². The van der Waals surface area contributed by atoms with Crippen molar-refractivity contribution in [3.05, 3.63) is 24.3 Å². The Kier molecular flexibility index (Phi) is 2.76. The fourth-order valence-corrected chi connectivity index (χ4v) is 1.67. The molecule has 15 heavy (non-hydrogen) atoms. The van der Waals surface area contributed by atoms with Crippen LogP contribution in [-0.4, -0.2) is 18.5 Å². The molecule has 2 rings (SSSR count). The molecule has 1 saturated heterocycles. The zero-order chi connectivity index (χ0) is 10.7. The molecule has 1 aromatic carbocycles. The molecule has 0 saturated carbocycles. The maximum absolute atomic E-state index is 11.0. The molecule has 0 bridgehead atoms. The minimum Gasteiger partial charge on any atom is -0.399 e. The van der Waals surface area contributed by atoms with Gasteiger partial charge in [0.05, 0.1) is 0 Å². The van der Waals surface area contributed by atoms with E-state index < -0.39 is 0 Å². The quantitative estimate of drug-likeness (QED) is 0.630. The number of nitrogens with one attached hydrogen (secondary N) is 2. The Hall–Kier alpha value is -1.71. The number of rotatable bonds is 2. The highest BCUT2D eigenvalue weighted by Gasteiger charge is 2.17. The smallest absolute Gasteiger partial charge is 0.220 e. The van der Waals surface area contributed by atoms with Crippen LogP contribution in [0.15, 0.2) is 24.3 Å². The van der Waals surface area contributed by atoms with Crippen molar-refractivity contribution < 1.29 is 4.79 Å². The van der Waals surface area contributed by atoms with Crippen LogP contribution >= 0.6 is 0 Å². The molecular weight excluding hydrogens is 190 g/mol. The number of hydrogen-bond acceptors (Lipinski definition) is 3. The summed E-state index contributed by atoms with van der Waals surface area (Å²) in [5.74, 6) is 0.144. The molecule has 0 aromatic heterocycles. The summed E-state index contributed by atoms with van der Waals surface area (Å²) >= 11 is 0. The van der Waals surface area contributed by atoms with E-state index >= 15 is 0 Å². The first kappa shape index (κ1) is 9.83. The van der Waals surface area contributed by atoms with Gasteiger partial charge in [0.2, 0.25) is 5.91 Å². The van der Waals surface area contributed by atoms with E-state index in [-0.39, 0.29) is 5.91 Å². The molecule has 1 heterocycles. The molecule has 1 atom stereocenters. The van der Waals surface area contributed by atoms with Crippen molar-refractivity contribution in [2.45, 2.75) is 18.9 Å². The SMILES string of the molecule is Nc1ccc(NC2CCC(=O)NC2)cc1. The Morgan fingerprint density at radius 3 is 2.67 bits per heavy atom. The third kappa shape index (κ3) is 2.62. The van der Waals surface area contributed by atoms with Crippen LogP contribution in [0.2, 0.25) is 0 Å². The number of nitrogen functional groups attached to an aromatic ring is 1. The van der Waals surface area contributed by atoms with Crippen molar-refractivity contribution >= 4 is 17.3 Å². The lowest BCUT2D eigenvalue weighted by Gasteiger charge is -2.24. The van der Waals surface area contributed by atoms with E-state index in [0.29, 0.717) is 19.0 Å². The largest absolute Gasteiger partial charge is 0.399 e. The lowest BCUT2D eigenvalue weighted by Crippen LogP contribution is -2.41. The van der Waals surface area contributed by atoms with E-state index in [0.717, 1.165) is 17.8 Å². The molecule has 0 spiro atoms. The first-order valence-corrected chi connectivity index (χ1v) is 5.13. The maximum Gasteiger partial charge on any atom is 0.220 e. The lowest BCUT2D eigenvalue weighted by atomic mass is 10.1. The minimum absolute atomic E-state index is 0.144. The zero-order valence-electron chi connectivity index (χ0n) is 8.49. The summed E-state index contributed by atoms with van der Waals surface area (Å²) in [6.07, 6.45) is 1.49. The first-order chi connectivity index (χ1) is 7.24. The van der Waals surface area contributed by atoms with Crippen molar-refractivity contribution in [3.63, 3.8) is 0 Å². The average Bonchev–Trinajstić information content (AvgIpc) is 2.25. The highest BCUT2D eigenvalue weighted by Crippen LogP contribution is 2.14. The molecule has 1 fully saturated rings. The van der Waals surface area contributed by atoms with E-state index in [9.17, 15) is 4.79 Å². The van der Waals surface area contributed by atoms with Crippen molar-refractivity contribution in [2.75, 3.05) is 17.6 Å². The Balaban J connectivity index is 1.91. The van der Waals surface area contributed by atoms with Crippen LogP contribution in [0, 0.1) is 0 Å². The minimum atomic E-state index is 0.144. The summed E-state index contributed by atoms with van der Waals surface area (Å²) in [7, 11) is 0. The summed E-state index contributed by atoms with van der Waals surface area (Å²) < 4.78 is 0. The highest BCUT2D eigenvalue weighted by atomic mass is 16.1.